The Morgan fingerprint density at radius 3 is 2.50 bits per heavy atom. The van der Waals surface area contributed by atoms with Crippen molar-refractivity contribution in [2.24, 2.45) is 5.73 Å². The molecule has 3 N–H and O–H groups in total. The van der Waals surface area contributed by atoms with E-state index in [1.807, 2.05) is 36.4 Å². The van der Waals surface area contributed by atoms with Crippen molar-refractivity contribution in [3.63, 3.8) is 0 Å². The van der Waals surface area contributed by atoms with Crippen LogP contribution in [0.3, 0.4) is 0 Å². The SMILES string of the molecule is NC(=S)c1ccc(NCc2ccccc2)cc1Br. The molecule has 4 heteroatoms. The molecule has 2 nitrogen and oxygen atoms in total. The highest BCUT2D eigenvalue weighted by atomic mass is 79.9. The predicted molar refractivity (Wildman–Crippen MR) is 83.8 cm³/mol. The molecule has 0 radical (unpaired) electrons. The van der Waals surface area contributed by atoms with Crippen LogP contribution in [0.1, 0.15) is 11.1 Å². The number of hydrogen-bond donors (Lipinski definition) is 2. The van der Waals surface area contributed by atoms with Gasteiger partial charge in [0.1, 0.15) is 4.99 Å². The Morgan fingerprint density at radius 1 is 1.17 bits per heavy atom. The summed E-state index contributed by atoms with van der Waals surface area (Å²) in [5.41, 5.74) is 8.74. The van der Waals surface area contributed by atoms with Crippen LogP contribution in [-0.4, -0.2) is 4.99 Å². The Hall–Kier alpha value is -1.39. The standard InChI is InChI=1S/C14H13BrN2S/c15-13-8-11(6-7-12(13)14(16)18)17-9-10-4-2-1-3-5-10/h1-8,17H,9H2,(H2,16,18). The summed E-state index contributed by atoms with van der Waals surface area (Å²) in [6.45, 7) is 0.791. The van der Waals surface area contributed by atoms with E-state index in [9.17, 15) is 0 Å². The second kappa shape index (κ2) is 5.98. The Labute approximate surface area is 120 Å². The Bertz CT molecular complexity index is 555. The summed E-state index contributed by atoms with van der Waals surface area (Å²) in [6.07, 6.45) is 0. The lowest BCUT2D eigenvalue weighted by Gasteiger charge is -2.09. The van der Waals surface area contributed by atoms with Gasteiger partial charge in [-0.2, -0.15) is 0 Å². The van der Waals surface area contributed by atoms with Crippen LogP contribution in [0.2, 0.25) is 0 Å². The molecule has 0 heterocycles. The van der Waals surface area contributed by atoms with Gasteiger partial charge in [-0.1, -0.05) is 42.5 Å². The highest BCUT2D eigenvalue weighted by Crippen LogP contribution is 2.22. The second-order valence-corrected chi connectivity index (χ2v) is 5.19. The van der Waals surface area contributed by atoms with E-state index < -0.39 is 0 Å². The average Bonchev–Trinajstić information content (AvgIpc) is 2.37. The lowest BCUT2D eigenvalue weighted by atomic mass is 10.2. The van der Waals surface area contributed by atoms with Crippen LogP contribution in [0.5, 0.6) is 0 Å². The summed E-state index contributed by atoms with van der Waals surface area (Å²) < 4.78 is 0.910. The Kier molecular flexibility index (Phi) is 4.33. The van der Waals surface area contributed by atoms with Crippen LogP contribution in [0.25, 0.3) is 0 Å². The summed E-state index contributed by atoms with van der Waals surface area (Å²) in [7, 11) is 0. The summed E-state index contributed by atoms with van der Waals surface area (Å²) >= 11 is 8.43. The predicted octanol–water partition coefficient (Wildman–Crippen LogP) is 3.70. The summed E-state index contributed by atoms with van der Waals surface area (Å²) in [5.74, 6) is 0. The highest BCUT2D eigenvalue weighted by molar-refractivity contribution is 9.10. The number of hydrogen-bond acceptors (Lipinski definition) is 2. The molecule has 0 bridgehead atoms. The van der Waals surface area contributed by atoms with Crippen LogP contribution in [0, 0.1) is 0 Å². The van der Waals surface area contributed by atoms with Crippen molar-refractivity contribution in [1.82, 2.24) is 0 Å². The first kappa shape index (κ1) is 13.1. The first-order chi connectivity index (χ1) is 8.66. The van der Waals surface area contributed by atoms with E-state index in [4.69, 9.17) is 18.0 Å². The van der Waals surface area contributed by atoms with Crippen molar-refractivity contribution in [2.75, 3.05) is 5.32 Å². The molecule has 18 heavy (non-hydrogen) atoms. The Morgan fingerprint density at radius 2 is 1.89 bits per heavy atom. The fourth-order valence-electron chi connectivity index (χ4n) is 1.62. The monoisotopic (exact) mass is 320 g/mol. The van der Waals surface area contributed by atoms with Crippen molar-refractivity contribution in [3.8, 4) is 0 Å². The normalized spacial score (nSPS) is 10.1. The molecule has 0 fully saturated rings. The van der Waals surface area contributed by atoms with Crippen molar-refractivity contribution < 1.29 is 0 Å². The van der Waals surface area contributed by atoms with Crippen molar-refractivity contribution >= 4 is 38.8 Å². The molecule has 0 amide bonds. The molecule has 0 spiro atoms. The number of anilines is 1. The molecule has 0 unspecified atom stereocenters. The molecule has 2 aromatic carbocycles. The summed E-state index contributed by atoms with van der Waals surface area (Å²) in [6, 6.07) is 16.1. The molecule has 0 aliphatic rings. The molecule has 92 valence electrons. The third-order valence-corrected chi connectivity index (χ3v) is 3.45. The van der Waals surface area contributed by atoms with Gasteiger partial charge in [-0.25, -0.2) is 0 Å². The minimum absolute atomic E-state index is 0.400. The van der Waals surface area contributed by atoms with E-state index in [0.29, 0.717) is 4.99 Å². The van der Waals surface area contributed by atoms with E-state index in [2.05, 4.69) is 33.4 Å². The molecule has 2 aromatic rings. The number of rotatable bonds is 4. The summed E-state index contributed by atoms with van der Waals surface area (Å²) in [5, 5.41) is 3.35. The second-order valence-electron chi connectivity index (χ2n) is 3.90. The molecular weight excluding hydrogens is 308 g/mol. The van der Waals surface area contributed by atoms with Crippen molar-refractivity contribution in [2.45, 2.75) is 6.54 Å². The smallest absolute Gasteiger partial charge is 0.105 e. The van der Waals surface area contributed by atoms with Gasteiger partial charge in [0.15, 0.2) is 0 Å². The molecular formula is C14H13BrN2S. The zero-order chi connectivity index (χ0) is 13.0. The molecule has 0 aliphatic carbocycles. The maximum absolute atomic E-state index is 5.61. The summed E-state index contributed by atoms with van der Waals surface area (Å²) in [4.78, 5) is 0.400. The van der Waals surface area contributed by atoms with E-state index in [1.165, 1.54) is 5.56 Å². The number of benzene rings is 2. The number of halogens is 1. The van der Waals surface area contributed by atoms with E-state index in [-0.39, 0.29) is 0 Å². The maximum atomic E-state index is 5.61. The van der Waals surface area contributed by atoms with Gasteiger partial charge in [0.2, 0.25) is 0 Å². The van der Waals surface area contributed by atoms with E-state index >= 15 is 0 Å². The first-order valence-electron chi connectivity index (χ1n) is 5.54. The lowest BCUT2D eigenvalue weighted by molar-refractivity contribution is 1.15. The van der Waals surface area contributed by atoms with E-state index in [0.717, 1.165) is 22.3 Å². The minimum Gasteiger partial charge on any atom is -0.389 e. The van der Waals surface area contributed by atoms with Crippen molar-refractivity contribution in [3.05, 3.63) is 64.1 Å². The number of thiocarbonyl (C=S) groups is 1. The van der Waals surface area contributed by atoms with Gasteiger partial charge in [-0.15, -0.1) is 0 Å². The van der Waals surface area contributed by atoms with Gasteiger partial charge in [0, 0.05) is 22.3 Å². The minimum atomic E-state index is 0.400. The molecule has 0 atom stereocenters. The third-order valence-electron chi connectivity index (χ3n) is 2.57. The van der Waals surface area contributed by atoms with Gasteiger partial charge in [-0.05, 0) is 39.7 Å². The Balaban J connectivity index is 2.07. The van der Waals surface area contributed by atoms with Crippen LogP contribution < -0.4 is 11.1 Å². The number of nitrogens with one attached hydrogen (secondary N) is 1. The molecule has 0 saturated carbocycles. The molecule has 0 aromatic heterocycles. The highest BCUT2D eigenvalue weighted by Gasteiger charge is 2.03. The fourth-order valence-corrected chi connectivity index (χ4v) is 2.53. The van der Waals surface area contributed by atoms with Gasteiger partial charge < -0.3 is 11.1 Å². The van der Waals surface area contributed by atoms with Crippen LogP contribution >= 0.6 is 28.1 Å². The zero-order valence-corrected chi connectivity index (χ0v) is 12.1. The van der Waals surface area contributed by atoms with Crippen LogP contribution in [0.15, 0.2) is 53.0 Å². The molecule has 0 saturated heterocycles. The van der Waals surface area contributed by atoms with Crippen molar-refractivity contribution in [1.29, 1.82) is 0 Å². The quantitative estimate of drug-likeness (QED) is 0.844. The largest absolute Gasteiger partial charge is 0.389 e. The van der Waals surface area contributed by atoms with Gasteiger partial charge >= 0.3 is 0 Å². The van der Waals surface area contributed by atoms with Crippen LogP contribution in [-0.2, 0) is 6.54 Å². The third kappa shape index (κ3) is 3.31. The average molecular weight is 321 g/mol. The molecule has 0 aliphatic heterocycles. The van der Waals surface area contributed by atoms with Crippen LogP contribution in [0.4, 0.5) is 5.69 Å². The topological polar surface area (TPSA) is 38.0 Å². The fraction of sp³-hybridized carbons (Fsp3) is 0.0714. The van der Waals surface area contributed by atoms with Gasteiger partial charge in [0.25, 0.3) is 0 Å². The van der Waals surface area contributed by atoms with E-state index in [1.54, 1.807) is 0 Å². The van der Waals surface area contributed by atoms with Gasteiger partial charge in [0.05, 0.1) is 0 Å². The lowest BCUT2D eigenvalue weighted by Crippen LogP contribution is -2.10. The maximum Gasteiger partial charge on any atom is 0.105 e. The zero-order valence-electron chi connectivity index (χ0n) is 9.69. The van der Waals surface area contributed by atoms with Gasteiger partial charge in [-0.3, -0.25) is 0 Å². The first-order valence-corrected chi connectivity index (χ1v) is 6.74. The number of nitrogens with two attached hydrogens (primary N) is 1. The molecule has 2 rings (SSSR count).